The van der Waals surface area contributed by atoms with E-state index in [1.165, 1.54) is 18.8 Å². The third kappa shape index (κ3) is 3.62. The summed E-state index contributed by atoms with van der Waals surface area (Å²) < 4.78 is 51.6. The topological polar surface area (TPSA) is 79.4 Å². The van der Waals surface area contributed by atoms with Crippen molar-refractivity contribution in [3.63, 3.8) is 0 Å². The highest BCUT2D eigenvalue weighted by Crippen LogP contribution is 2.35. The van der Waals surface area contributed by atoms with Gasteiger partial charge in [-0.1, -0.05) is 12.1 Å². The number of hydrogen-bond donors (Lipinski definition) is 1. The molecule has 164 valence electrons. The van der Waals surface area contributed by atoms with E-state index in [9.17, 15) is 18.0 Å². The Morgan fingerprint density at radius 3 is 2.03 bits per heavy atom. The molecule has 0 unspecified atom stereocenters. The zero-order valence-electron chi connectivity index (χ0n) is 17.1. The van der Waals surface area contributed by atoms with E-state index in [1.807, 2.05) is 0 Å². The maximum absolute atomic E-state index is 13.6. The number of benzene rings is 2. The summed E-state index contributed by atoms with van der Waals surface area (Å²) in [6.45, 7) is 0. The molecular formula is C23H18F3N3O3. The van der Waals surface area contributed by atoms with Crippen LogP contribution in [0.4, 0.5) is 18.9 Å². The first-order valence-corrected chi connectivity index (χ1v) is 9.45. The van der Waals surface area contributed by atoms with Crippen LogP contribution in [0.2, 0.25) is 0 Å². The number of rotatable bonds is 4. The summed E-state index contributed by atoms with van der Waals surface area (Å²) in [5, 5.41) is 0. The molecule has 0 saturated heterocycles. The van der Waals surface area contributed by atoms with Gasteiger partial charge >= 0.3 is 6.18 Å². The smallest absolute Gasteiger partial charge is 0.417 e. The maximum Gasteiger partial charge on any atom is 0.417 e. The molecule has 6 nitrogen and oxygen atoms in total. The molecule has 2 N–H and O–H groups in total. The minimum atomic E-state index is -4.63. The highest BCUT2D eigenvalue weighted by molar-refractivity contribution is 5.96. The molecule has 0 saturated carbocycles. The van der Waals surface area contributed by atoms with E-state index in [0.29, 0.717) is 28.9 Å². The summed E-state index contributed by atoms with van der Waals surface area (Å²) in [5.41, 5.74) is 5.69. The van der Waals surface area contributed by atoms with Crippen molar-refractivity contribution in [2.75, 3.05) is 20.0 Å². The first-order chi connectivity index (χ1) is 15.2. The summed E-state index contributed by atoms with van der Waals surface area (Å²) in [7, 11) is 3.00. The fourth-order valence-corrected chi connectivity index (χ4v) is 3.47. The number of aromatic nitrogens is 2. The Morgan fingerprint density at radius 1 is 0.938 bits per heavy atom. The van der Waals surface area contributed by atoms with Crippen LogP contribution in [0.25, 0.3) is 27.8 Å². The van der Waals surface area contributed by atoms with Gasteiger partial charge in [0.25, 0.3) is 5.56 Å². The van der Waals surface area contributed by atoms with E-state index < -0.39 is 17.3 Å². The van der Waals surface area contributed by atoms with Gasteiger partial charge in [0.1, 0.15) is 17.0 Å². The van der Waals surface area contributed by atoms with E-state index in [-0.39, 0.29) is 22.3 Å². The number of nitrogen functional groups attached to an aromatic ring is 1. The first-order valence-electron chi connectivity index (χ1n) is 9.45. The predicted octanol–water partition coefficient (Wildman–Crippen LogP) is 4.67. The molecule has 0 aliphatic heterocycles. The van der Waals surface area contributed by atoms with Crippen LogP contribution in [0.5, 0.6) is 11.5 Å². The number of hydrogen-bond acceptors (Lipinski definition) is 5. The zero-order valence-corrected chi connectivity index (χ0v) is 17.1. The first kappa shape index (κ1) is 21.2. The lowest BCUT2D eigenvalue weighted by molar-refractivity contribution is -0.137. The standard InChI is InChI=1S/C23H18F3N3O3/c1-31-16-7-3-13(4-8-16)19-20(27)21-18(11-14(12-28-21)23(24,25)26)29(22(19)30)15-5-9-17(32-2)10-6-15/h3-12H,27H2,1-2H3. The summed E-state index contributed by atoms with van der Waals surface area (Å²) in [4.78, 5) is 17.6. The second-order valence-electron chi connectivity index (χ2n) is 6.95. The Bertz CT molecular complexity index is 1350. The highest BCUT2D eigenvalue weighted by Gasteiger charge is 2.32. The van der Waals surface area contributed by atoms with Crippen LogP contribution in [0.15, 0.2) is 65.6 Å². The number of pyridine rings is 2. The molecule has 0 bridgehead atoms. The van der Waals surface area contributed by atoms with Gasteiger partial charge in [-0.3, -0.25) is 14.3 Å². The molecular weight excluding hydrogens is 423 g/mol. The van der Waals surface area contributed by atoms with Gasteiger partial charge in [-0.05, 0) is 48.0 Å². The summed E-state index contributed by atoms with van der Waals surface area (Å²) in [5.74, 6) is 1.11. The number of anilines is 1. The molecule has 0 radical (unpaired) electrons. The molecule has 0 fully saturated rings. The van der Waals surface area contributed by atoms with Gasteiger partial charge in [-0.2, -0.15) is 13.2 Å². The Labute approximate surface area is 180 Å². The van der Waals surface area contributed by atoms with Crippen molar-refractivity contribution >= 4 is 16.7 Å². The van der Waals surface area contributed by atoms with Crippen LogP contribution in [0.1, 0.15) is 5.56 Å². The predicted molar refractivity (Wildman–Crippen MR) is 115 cm³/mol. The van der Waals surface area contributed by atoms with Crippen molar-refractivity contribution in [1.29, 1.82) is 0 Å². The maximum atomic E-state index is 13.6. The van der Waals surface area contributed by atoms with Crippen LogP contribution in [-0.4, -0.2) is 23.8 Å². The molecule has 4 rings (SSSR count). The molecule has 9 heteroatoms. The molecule has 4 aromatic rings. The molecule has 0 aliphatic carbocycles. The van der Waals surface area contributed by atoms with Crippen LogP contribution in [-0.2, 0) is 6.18 Å². The van der Waals surface area contributed by atoms with Gasteiger partial charge in [0.05, 0.1) is 36.6 Å². The fraction of sp³-hybridized carbons (Fsp3) is 0.130. The number of ether oxygens (including phenoxy) is 2. The average Bonchev–Trinajstić information content (AvgIpc) is 2.79. The van der Waals surface area contributed by atoms with Crippen molar-refractivity contribution in [2.45, 2.75) is 6.18 Å². The molecule has 0 spiro atoms. The number of halogens is 3. The third-order valence-electron chi connectivity index (χ3n) is 5.09. The summed E-state index contributed by atoms with van der Waals surface area (Å²) in [6, 6.07) is 13.9. The van der Waals surface area contributed by atoms with Gasteiger partial charge in [0.2, 0.25) is 0 Å². The monoisotopic (exact) mass is 441 g/mol. The molecule has 0 aliphatic rings. The summed E-state index contributed by atoms with van der Waals surface area (Å²) in [6.07, 6.45) is -3.93. The minimum absolute atomic E-state index is 0.00588. The SMILES string of the molecule is COc1ccc(-c2c(N)c3ncc(C(F)(F)F)cc3n(-c3ccc(OC)cc3)c2=O)cc1. The molecule has 2 aromatic heterocycles. The normalized spacial score (nSPS) is 11.5. The van der Waals surface area contributed by atoms with Crippen LogP contribution < -0.4 is 20.8 Å². The van der Waals surface area contributed by atoms with Crippen LogP contribution in [0, 0.1) is 0 Å². The third-order valence-corrected chi connectivity index (χ3v) is 5.09. The molecule has 32 heavy (non-hydrogen) atoms. The van der Waals surface area contributed by atoms with Crippen molar-refractivity contribution in [3.05, 3.63) is 76.7 Å². The lowest BCUT2D eigenvalue weighted by Crippen LogP contribution is -2.23. The van der Waals surface area contributed by atoms with E-state index in [4.69, 9.17) is 15.2 Å². The van der Waals surface area contributed by atoms with Crippen molar-refractivity contribution in [2.24, 2.45) is 0 Å². The van der Waals surface area contributed by atoms with Crippen molar-refractivity contribution in [1.82, 2.24) is 9.55 Å². The van der Waals surface area contributed by atoms with Crippen molar-refractivity contribution < 1.29 is 22.6 Å². The zero-order chi connectivity index (χ0) is 23.0. The molecule has 2 heterocycles. The Hall–Kier alpha value is -4.01. The van der Waals surface area contributed by atoms with Crippen LogP contribution in [0.3, 0.4) is 0 Å². The lowest BCUT2D eigenvalue weighted by atomic mass is 10.0. The fourth-order valence-electron chi connectivity index (χ4n) is 3.47. The number of nitrogens with zero attached hydrogens (tertiary/aromatic N) is 2. The van der Waals surface area contributed by atoms with Gasteiger partial charge in [-0.15, -0.1) is 0 Å². The highest BCUT2D eigenvalue weighted by atomic mass is 19.4. The van der Waals surface area contributed by atoms with Crippen molar-refractivity contribution in [3.8, 4) is 28.3 Å². The number of fused-ring (bicyclic) bond motifs is 1. The Kier molecular flexibility index (Phi) is 5.25. The van der Waals surface area contributed by atoms with Gasteiger partial charge in [0.15, 0.2) is 0 Å². The Balaban J connectivity index is 2.09. The van der Waals surface area contributed by atoms with Gasteiger partial charge in [0, 0.05) is 11.9 Å². The van der Waals surface area contributed by atoms with E-state index in [1.54, 1.807) is 48.5 Å². The lowest BCUT2D eigenvalue weighted by Gasteiger charge is -2.17. The van der Waals surface area contributed by atoms with Gasteiger partial charge in [-0.25, -0.2) is 0 Å². The average molecular weight is 441 g/mol. The summed E-state index contributed by atoms with van der Waals surface area (Å²) >= 11 is 0. The number of alkyl halides is 3. The van der Waals surface area contributed by atoms with E-state index in [0.717, 1.165) is 6.07 Å². The number of methoxy groups -OCH3 is 2. The van der Waals surface area contributed by atoms with E-state index in [2.05, 4.69) is 4.98 Å². The largest absolute Gasteiger partial charge is 0.497 e. The molecule has 0 amide bonds. The quantitative estimate of drug-likeness (QED) is 0.498. The van der Waals surface area contributed by atoms with E-state index >= 15 is 0 Å². The molecule has 2 aromatic carbocycles. The van der Waals surface area contributed by atoms with Crippen LogP contribution >= 0.6 is 0 Å². The second kappa shape index (κ2) is 7.92. The Morgan fingerprint density at radius 2 is 1.50 bits per heavy atom. The molecule has 0 atom stereocenters. The second-order valence-corrected chi connectivity index (χ2v) is 6.95. The van der Waals surface area contributed by atoms with Gasteiger partial charge < -0.3 is 15.2 Å². The number of nitrogens with two attached hydrogens (primary N) is 1. The minimum Gasteiger partial charge on any atom is -0.497 e.